The first-order valence-corrected chi connectivity index (χ1v) is 8.08. The molecule has 2 rings (SSSR count). The monoisotopic (exact) mass is 346 g/mol. The average molecular weight is 346 g/mol. The predicted octanol–water partition coefficient (Wildman–Crippen LogP) is 4.59. The van der Waals surface area contributed by atoms with Crippen LogP contribution in [0, 0.1) is 6.92 Å². The van der Waals surface area contributed by atoms with Crippen molar-refractivity contribution in [2.24, 2.45) is 0 Å². The Kier molecular flexibility index (Phi) is 5.12. The molecule has 1 N–H and O–H groups in total. The van der Waals surface area contributed by atoms with Gasteiger partial charge in [-0.2, -0.15) is 13.2 Å². The topological polar surface area (TPSA) is 42.0 Å². The fraction of sp³-hybridized carbons (Fsp3) is 0.286. The Morgan fingerprint density at radius 1 is 1.41 bits per heavy atom. The van der Waals surface area contributed by atoms with Crippen molar-refractivity contribution in [3.63, 3.8) is 0 Å². The molecule has 1 atom stereocenters. The summed E-state index contributed by atoms with van der Waals surface area (Å²) in [6.07, 6.45) is -4.43. The number of thiazole rings is 1. The predicted molar refractivity (Wildman–Crippen MR) is 82.2 cm³/mol. The number of aromatic nitrogens is 1. The van der Waals surface area contributed by atoms with Gasteiger partial charge in [-0.3, -0.25) is 4.79 Å². The van der Waals surface area contributed by atoms with E-state index in [1.165, 1.54) is 35.2 Å². The third-order valence-electron chi connectivity index (χ3n) is 2.70. The van der Waals surface area contributed by atoms with E-state index in [0.29, 0.717) is 0 Å². The minimum absolute atomic E-state index is 0.127. The highest BCUT2D eigenvalue weighted by molar-refractivity contribution is 8.02. The summed E-state index contributed by atoms with van der Waals surface area (Å²) in [5.74, 6) is -0.364. The lowest BCUT2D eigenvalue weighted by molar-refractivity contribution is -0.137. The fourth-order valence-corrected chi connectivity index (χ4v) is 3.59. The normalized spacial score (nSPS) is 13.0. The molecule has 0 radical (unpaired) electrons. The van der Waals surface area contributed by atoms with Crippen molar-refractivity contribution in [3.05, 3.63) is 40.9 Å². The third-order valence-corrected chi connectivity index (χ3v) is 4.89. The minimum Gasteiger partial charge on any atom is -0.325 e. The Morgan fingerprint density at radius 2 is 2.14 bits per heavy atom. The molecule has 0 aliphatic rings. The second kappa shape index (κ2) is 6.70. The molecule has 1 amide bonds. The van der Waals surface area contributed by atoms with E-state index in [4.69, 9.17) is 0 Å². The summed E-state index contributed by atoms with van der Waals surface area (Å²) < 4.78 is 38.6. The van der Waals surface area contributed by atoms with Gasteiger partial charge in [-0.15, -0.1) is 11.3 Å². The number of carbonyl (C=O) groups excluding carboxylic acids is 1. The summed E-state index contributed by atoms with van der Waals surface area (Å²) in [4.78, 5) is 16.3. The molecule has 118 valence electrons. The van der Waals surface area contributed by atoms with Crippen LogP contribution in [-0.2, 0) is 11.0 Å². The maximum atomic E-state index is 12.6. The number of amides is 1. The van der Waals surface area contributed by atoms with E-state index in [1.807, 2.05) is 12.3 Å². The number of halogens is 3. The van der Waals surface area contributed by atoms with Gasteiger partial charge in [-0.1, -0.05) is 17.8 Å². The lowest BCUT2D eigenvalue weighted by Gasteiger charge is -2.12. The van der Waals surface area contributed by atoms with Gasteiger partial charge in [-0.25, -0.2) is 4.98 Å². The maximum absolute atomic E-state index is 12.6. The first kappa shape index (κ1) is 16.8. The SMILES string of the molecule is Cc1csc(SC(C)C(=O)Nc2cccc(C(F)(F)F)c2)n1. The molecule has 0 saturated carbocycles. The Balaban J connectivity index is 2.02. The van der Waals surface area contributed by atoms with Crippen LogP contribution in [0.15, 0.2) is 34.0 Å². The van der Waals surface area contributed by atoms with Gasteiger partial charge in [0, 0.05) is 16.8 Å². The number of anilines is 1. The van der Waals surface area contributed by atoms with E-state index in [0.717, 1.165) is 22.2 Å². The molecule has 1 aromatic carbocycles. The summed E-state index contributed by atoms with van der Waals surface area (Å²) in [6.45, 7) is 3.54. The molecule has 0 spiro atoms. The Labute approximate surface area is 134 Å². The zero-order valence-corrected chi connectivity index (χ0v) is 13.4. The molecule has 0 fully saturated rings. The summed E-state index contributed by atoms with van der Waals surface area (Å²) in [6, 6.07) is 4.58. The summed E-state index contributed by atoms with van der Waals surface area (Å²) >= 11 is 2.71. The van der Waals surface area contributed by atoms with Crippen molar-refractivity contribution >= 4 is 34.7 Å². The molecule has 1 aromatic heterocycles. The molecule has 0 aliphatic heterocycles. The van der Waals surface area contributed by atoms with Crippen LogP contribution in [0.1, 0.15) is 18.2 Å². The standard InChI is InChI=1S/C14H13F3N2OS2/c1-8-7-21-13(18-8)22-9(2)12(20)19-11-5-3-4-10(6-11)14(15,16)17/h3-7,9H,1-2H3,(H,19,20). The van der Waals surface area contributed by atoms with Crippen molar-refractivity contribution in [2.45, 2.75) is 29.6 Å². The minimum atomic E-state index is -4.43. The van der Waals surface area contributed by atoms with E-state index >= 15 is 0 Å². The number of nitrogens with zero attached hydrogens (tertiary/aromatic N) is 1. The van der Waals surface area contributed by atoms with Gasteiger partial charge in [0.2, 0.25) is 5.91 Å². The molecule has 22 heavy (non-hydrogen) atoms. The number of nitrogens with one attached hydrogen (secondary N) is 1. The van der Waals surface area contributed by atoms with Crippen LogP contribution >= 0.6 is 23.1 Å². The Hall–Kier alpha value is -1.54. The van der Waals surface area contributed by atoms with Crippen LogP contribution in [0.3, 0.4) is 0 Å². The van der Waals surface area contributed by atoms with Crippen molar-refractivity contribution in [1.29, 1.82) is 0 Å². The Morgan fingerprint density at radius 3 is 2.73 bits per heavy atom. The number of benzene rings is 1. The number of carbonyl (C=O) groups is 1. The van der Waals surface area contributed by atoms with Crippen LogP contribution in [0.2, 0.25) is 0 Å². The van der Waals surface area contributed by atoms with Crippen LogP contribution in [0.5, 0.6) is 0 Å². The highest BCUT2D eigenvalue weighted by atomic mass is 32.2. The number of hydrogen-bond acceptors (Lipinski definition) is 4. The van der Waals surface area contributed by atoms with E-state index in [2.05, 4.69) is 10.3 Å². The number of alkyl halides is 3. The first-order valence-electron chi connectivity index (χ1n) is 6.32. The number of hydrogen-bond donors (Lipinski definition) is 1. The first-order chi connectivity index (χ1) is 10.3. The van der Waals surface area contributed by atoms with Crippen LogP contribution in [-0.4, -0.2) is 16.1 Å². The van der Waals surface area contributed by atoms with Crippen LogP contribution in [0.4, 0.5) is 18.9 Å². The molecule has 1 unspecified atom stereocenters. The number of thioether (sulfide) groups is 1. The van der Waals surface area contributed by atoms with Crippen molar-refractivity contribution in [3.8, 4) is 0 Å². The third kappa shape index (κ3) is 4.48. The summed E-state index contributed by atoms with van der Waals surface area (Å²) in [5, 5.41) is 3.91. The van der Waals surface area contributed by atoms with Gasteiger partial charge in [0.1, 0.15) is 0 Å². The second-order valence-corrected chi connectivity index (χ2v) is 7.03. The van der Waals surface area contributed by atoms with E-state index in [1.54, 1.807) is 6.92 Å². The molecule has 3 nitrogen and oxygen atoms in total. The maximum Gasteiger partial charge on any atom is 0.416 e. The van der Waals surface area contributed by atoms with Gasteiger partial charge >= 0.3 is 6.18 Å². The van der Waals surface area contributed by atoms with Gasteiger partial charge in [0.25, 0.3) is 0 Å². The fourth-order valence-electron chi connectivity index (χ4n) is 1.61. The molecule has 8 heteroatoms. The van der Waals surface area contributed by atoms with Gasteiger partial charge < -0.3 is 5.32 Å². The highest BCUT2D eigenvalue weighted by Crippen LogP contribution is 2.31. The number of aryl methyl sites for hydroxylation is 1. The zero-order valence-electron chi connectivity index (χ0n) is 11.8. The molecular formula is C14H13F3N2OS2. The van der Waals surface area contributed by atoms with Crippen LogP contribution < -0.4 is 5.32 Å². The van der Waals surface area contributed by atoms with Gasteiger partial charge in [0.15, 0.2) is 4.34 Å². The summed E-state index contributed by atoms with van der Waals surface area (Å²) in [5.41, 5.74) is 0.210. The smallest absolute Gasteiger partial charge is 0.325 e. The van der Waals surface area contributed by atoms with Crippen molar-refractivity contribution < 1.29 is 18.0 Å². The lowest BCUT2D eigenvalue weighted by Crippen LogP contribution is -2.22. The molecule has 1 heterocycles. The quantitative estimate of drug-likeness (QED) is 0.824. The zero-order chi connectivity index (χ0) is 16.3. The van der Waals surface area contributed by atoms with Crippen molar-refractivity contribution in [1.82, 2.24) is 4.98 Å². The average Bonchev–Trinajstić information content (AvgIpc) is 2.83. The number of rotatable bonds is 4. The molecule has 0 aliphatic carbocycles. The molecule has 0 bridgehead atoms. The van der Waals surface area contributed by atoms with E-state index in [9.17, 15) is 18.0 Å². The van der Waals surface area contributed by atoms with Crippen molar-refractivity contribution in [2.75, 3.05) is 5.32 Å². The highest BCUT2D eigenvalue weighted by Gasteiger charge is 2.30. The molecule has 2 aromatic rings. The van der Waals surface area contributed by atoms with Crippen LogP contribution in [0.25, 0.3) is 0 Å². The van der Waals surface area contributed by atoms with E-state index < -0.39 is 17.0 Å². The van der Waals surface area contributed by atoms with Gasteiger partial charge in [-0.05, 0) is 32.0 Å². The van der Waals surface area contributed by atoms with Gasteiger partial charge in [0.05, 0.1) is 10.8 Å². The summed E-state index contributed by atoms with van der Waals surface area (Å²) in [7, 11) is 0. The lowest BCUT2D eigenvalue weighted by atomic mass is 10.2. The second-order valence-electron chi connectivity index (χ2n) is 4.58. The molecule has 0 saturated heterocycles. The largest absolute Gasteiger partial charge is 0.416 e. The van der Waals surface area contributed by atoms with E-state index in [-0.39, 0.29) is 11.6 Å². The Bertz CT molecular complexity index is 670. The molecular weight excluding hydrogens is 333 g/mol.